The van der Waals surface area contributed by atoms with Gasteiger partial charge in [0.2, 0.25) is 0 Å². The Hall–Kier alpha value is -2.03. The Labute approximate surface area is 87.3 Å². The van der Waals surface area contributed by atoms with Crippen LogP contribution in [-0.4, -0.2) is 5.97 Å². The van der Waals surface area contributed by atoms with Crippen molar-refractivity contribution in [1.29, 1.82) is 0 Å². The van der Waals surface area contributed by atoms with E-state index in [-0.39, 0.29) is 12.6 Å². The van der Waals surface area contributed by atoms with Gasteiger partial charge in [0.25, 0.3) is 0 Å². The van der Waals surface area contributed by atoms with Gasteiger partial charge in [0, 0.05) is 0 Å². The zero-order valence-electron chi connectivity index (χ0n) is 8.05. The first kappa shape index (κ1) is 9.52. The van der Waals surface area contributed by atoms with Crippen LogP contribution in [0.4, 0.5) is 0 Å². The molecule has 1 heterocycles. The lowest BCUT2D eigenvalue weighted by Gasteiger charge is -2.01. The second-order valence-electron chi connectivity index (χ2n) is 3.02. The van der Waals surface area contributed by atoms with Gasteiger partial charge in [-0.2, -0.15) is 0 Å². The minimum Gasteiger partial charge on any atom is -0.466 e. The van der Waals surface area contributed by atoms with Crippen LogP contribution < -0.4 is 0 Å². The highest BCUT2D eigenvalue weighted by molar-refractivity contribution is 5.89. The van der Waals surface area contributed by atoms with E-state index in [9.17, 15) is 4.79 Å². The van der Waals surface area contributed by atoms with E-state index in [1.807, 2.05) is 6.07 Å². The maximum atomic E-state index is 11.5. The molecule has 3 heteroatoms. The number of carbonyl (C=O) groups is 1. The Balaban J connectivity index is 1.94. The molecule has 0 saturated carbocycles. The summed E-state index contributed by atoms with van der Waals surface area (Å²) in [5.74, 6) is 0.297. The molecule has 0 unspecified atom stereocenters. The zero-order chi connectivity index (χ0) is 10.5. The Kier molecular flexibility index (Phi) is 2.83. The molecule has 1 aromatic heterocycles. The second-order valence-corrected chi connectivity index (χ2v) is 3.02. The first-order chi connectivity index (χ1) is 7.36. The van der Waals surface area contributed by atoms with Gasteiger partial charge in [0.1, 0.15) is 12.4 Å². The van der Waals surface area contributed by atoms with E-state index in [0.717, 1.165) is 0 Å². The quantitative estimate of drug-likeness (QED) is 0.718. The summed E-state index contributed by atoms with van der Waals surface area (Å²) in [5, 5.41) is 0. The molecular formula is C12H10O3. The van der Waals surface area contributed by atoms with Gasteiger partial charge in [0.05, 0.1) is 11.8 Å². The summed E-state index contributed by atoms with van der Waals surface area (Å²) in [4.78, 5) is 11.5. The van der Waals surface area contributed by atoms with Gasteiger partial charge in [0.15, 0.2) is 0 Å². The number of furan rings is 1. The monoisotopic (exact) mass is 202 g/mol. The highest BCUT2D eigenvalue weighted by atomic mass is 16.5. The average Bonchev–Trinajstić information content (AvgIpc) is 2.80. The molecule has 0 saturated heterocycles. The lowest BCUT2D eigenvalue weighted by Crippen LogP contribution is -2.04. The maximum absolute atomic E-state index is 11.5. The van der Waals surface area contributed by atoms with Gasteiger partial charge >= 0.3 is 5.97 Å². The van der Waals surface area contributed by atoms with Crippen LogP contribution in [-0.2, 0) is 11.3 Å². The summed E-state index contributed by atoms with van der Waals surface area (Å²) in [6.45, 7) is 0.167. The highest BCUT2D eigenvalue weighted by Gasteiger charge is 2.06. The van der Waals surface area contributed by atoms with Crippen LogP contribution in [0.25, 0.3) is 0 Å². The third kappa shape index (κ3) is 2.47. The lowest BCUT2D eigenvalue weighted by molar-refractivity contribution is 0.0445. The summed E-state index contributed by atoms with van der Waals surface area (Å²) >= 11 is 0. The van der Waals surface area contributed by atoms with Crippen molar-refractivity contribution in [3.05, 3.63) is 60.1 Å². The molecule has 2 aromatic rings. The number of ether oxygens (including phenoxy) is 1. The number of esters is 1. The number of carbonyl (C=O) groups excluding carboxylic acids is 1. The minimum atomic E-state index is -0.341. The maximum Gasteiger partial charge on any atom is 0.338 e. The zero-order valence-corrected chi connectivity index (χ0v) is 8.05. The Bertz CT molecular complexity index is 417. The fraction of sp³-hybridized carbons (Fsp3) is 0.0833. The van der Waals surface area contributed by atoms with Crippen molar-refractivity contribution in [3.8, 4) is 0 Å². The second kappa shape index (κ2) is 4.46. The van der Waals surface area contributed by atoms with Crippen molar-refractivity contribution in [1.82, 2.24) is 0 Å². The molecule has 0 amide bonds. The van der Waals surface area contributed by atoms with Crippen LogP contribution in [0.3, 0.4) is 0 Å². The van der Waals surface area contributed by atoms with Crippen LogP contribution in [0.15, 0.2) is 53.1 Å². The third-order valence-corrected chi connectivity index (χ3v) is 1.94. The van der Waals surface area contributed by atoms with Gasteiger partial charge in [-0.15, -0.1) is 0 Å². The van der Waals surface area contributed by atoms with Crippen molar-refractivity contribution in [2.24, 2.45) is 0 Å². The largest absolute Gasteiger partial charge is 0.466 e. The Morgan fingerprint density at radius 2 is 1.93 bits per heavy atom. The smallest absolute Gasteiger partial charge is 0.338 e. The van der Waals surface area contributed by atoms with Gasteiger partial charge in [-0.1, -0.05) is 18.2 Å². The van der Waals surface area contributed by atoms with Gasteiger partial charge in [-0.3, -0.25) is 0 Å². The van der Waals surface area contributed by atoms with Crippen molar-refractivity contribution < 1.29 is 13.9 Å². The minimum absolute atomic E-state index is 0.167. The van der Waals surface area contributed by atoms with Crippen LogP contribution in [0.5, 0.6) is 0 Å². The molecule has 0 aliphatic heterocycles. The Morgan fingerprint density at radius 1 is 1.13 bits per heavy atom. The fourth-order valence-corrected chi connectivity index (χ4v) is 1.19. The van der Waals surface area contributed by atoms with Crippen LogP contribution in [0.2, 0.25) is 0 Å². The van der Waals surface area contributed by atoms with Crippen LogP contribution in [0, 0.1) is 0 Å². The van der Waals surface area contributed by atoms with E-state index < -0.39 is 0 Å². The van der Waals surface area contributed by atoms with Gasteiger partial charge in [-0.05, 0) is 24.3 Å². The first-order valence-corrected chi connectivity index (χ1v) is 4.61. The molecule has 1 aromatic carbocycles. The molecule has 15 heavy (non-hydrogen) atoms. The van der Waals surface area contributed by atoms with E-state index in [4.69, 9.17) is 9.15 Å². The predicted octanol–water partition coefficient (Wildman–Crippen LogP) is 2.64. The van der Waals surface area contributed by atoms with E-state index >= 15 is 0 Å². The molecule has 0 fully saturated rings. The van der Waals surface area contributed by atoms with Gasteiger partial charge < -0.3 is 9.15 Å². The molecule has 0 spiro atoms. The predicted molar refractivity (Wildman–Crippen MR) is 54.3 cm³/mol. The molecular weight excluding hydrogens is 192 g/mol. The molecule has 0 N–H and O–H groups in total. The summed E-state index contributed by atoms with van der Waals surface area (Å²) in [6, 6.07) is 12.4. The van der Waals surface area contributed by atoms with E-state index in [0.29, 0.717) is 11.3 Å². The highest BCUT2D eigenvalue weighted by Crippen LogP contribution is 2.06. The number of hydrogen-bond donors (Lipinski definition) is 0. The fourth-order valence-electron chi connectivity index (χ4n) is 1.19. The molecule has 0 radical (unpaired) electrons. The normalized spacial score (nSPS) is 9.87. The molecule has 3 nitrogen and oxygen atoms in total. The molecule has 0 bridgehead atoms. The summed E-state index contributed by atoms with van der Waals surface area (Å²) in [5.41, 5.74) is 0.545. The van der Waals surface area contributed by atoms with E-state index in [2.05, 4.69) is 0 Å². The number of rotatable bonds is 3. The van der Waals surface area contributed by atoms with Crippen molar-refractivity contribution in [3.63, 3.8) is 0 Å². The third-order valence-electron chi connectivity index (χ3n) is 1.94. The lowest BCUT2D eigenvalue weighted by atomic mass is 10.2. The summed E-state index contributed by atoms with van der Waals surface area (Å²) < 4.78 is 10.1. The molecule has 0 aliphatic rings. The molecule has 0 atom stereocenters. The van der Waals surface area contributed by atoms with E-state index in [1.165, 1.54) is 0 Å². The van der Waals surface area contributed by atoms with Crippen molar-refractivity contribution in [2.75, 3.05) is 0 Å². The van der Waals surface area contributed by atoms with Crippen LogP contribution in [0.1, 0.15) is 16.1 Å². The van der Waals surface area contributed by atoms with Crippen molar-refractivity contribution >= 4 is 5.97 Å². The summed E-state index contributed by atoms with van der Waals surface area (Å²) in [6.07, 6.45) is 1.55. The van der Waals surface area contributed by atoms with Crippen molar-refractivity contribution in [2.45, 2.75) is 6.61 Å². The number of hydrogen-bond acceptors (Lipinski definition) is 3. The topological polar surface area (TPSA) is 39.4 Å². The van der Waals surface area contributed by atoms with Gasteiger partial charge in [-0.25, -0.2) is 4.79 Å². The molecule has 76 valence electrons. The van der Waals surface area contributed by atoms with E-state index in [1.54, 1.807) is 42.7 Å². The van der Waals surface area contributed by atoms with Crippen LogP contribution >= 0.6 is 0 Å². The molecule has 0 aliphatic carbocycles. The standard InChI is InChI=1S/C12H10O3/c13-12(10-5-2-1-3-6-10)15-9-11-7-4-8-14-11/h1-8H,9H2. The number of benzene rings is 1. The first-order valence-electron chi connectivity index (χ1n) is 4.61. The molecule has 2 rings (SSSR count). The Morgan fingerprint density at radius 3 is 2.60 bits per heavy atom. The summed E-state index contributed by atoms with van der Waals surface area (Å²) in [7, 11) is 0. The average molecular weight is 202 g/mol. The SMILES string of the molecule is O=C(OCc1ccco1)c1ccccc1.